The lowest BCUT2D eigenvalue weighted by Crippen LogP contribution is -2.25. The summed E-state index contributed by atoms with van der Waals surface area (Å²) in [6, 6.07) is 6.69. The Balaban J connectivity index is 2.70. The first-order valence-corrected chi connectivity index (χ1v) is 6.53. The Morgan fingerprint density at radius 2 is 2.25 bits per heavy atom. The average Bonchev–Trinajstić information content (AvgIpc) is 2.42. The third kappa shape index (κ3) is 4.65. The molecule has 3 N–H and O–H groups in total. The van der Waals surface area contributed by atoms with Crippen molar-refractivity contribution < 1.29 is 9.90 Å². The third-order valence-corrected chi connectivity index (χ3v) is 2.76. The number of anilines is 1. The number of carbonyl (C=O) groups is 1. The molecule has 0 aliphatic carbocycles. The van der Waals surface area contributed by atoms with Crippen LogP contribution in [0.2, 0.25) is 0 Å². The predicted octanol–water partition coefficient (Wildman–Crippen LogP) is 2.44. The van der Waals surface area contributed by atoms with Crippen LogP contribution < -0.4 is 10.6 Å². The Labute approximate surface area is 118 Å². The second-order valence-electron chi connectivity index (χ2n) is 4.42. The van der Waals surface area contributed by atoms with Gasteiger partial charge in [0.1, 0.15) is 17.4 Å². The molecule has 0 aromatic heterocycles. The van der Waals surface area contributed by atoms with Gasteiger partial charge in [-0.2, -0.15) is 5.26 Å². The number of amides is 1. The van der Waals surface area contributed by atoms with Crippen molar-refractivity contribution in [1.82, 2.24) is 5.32 Å². The Bertz CT molecular complexity index is 545. The van der Waals surface area contributed by atoms with E-state index in [9.17, 15) is 9.90 Å². The molecule has 1 aromatic rings. The van der Waals surface area contributed by atoms with Gasteiger partial charge in [0.05, 0.1) is 0 Å². The van der Waals surface area contributed by atoms with Crippen LogP contribution in [0.15, 0.2) is 30.0 Å². The van der Waals surface area contributed by atoms with Gasteiger partial charge in [-0.3, -0.25) is 4.79 Å². The van der Waals surface area contributed by atoms with Gasteiger partial charge < -0.3 is 15.7 Å². The van der Waals surface area contributed by atoms with Crippen molar-refractivity contribution in [2.75, 3.05) is 11.9 Å². The fourth-order valence-corrected chi connectivity index (χ4v) is 1.58. The quantitative estimate of drug-likeness (QED) is 0.321. The van der Waals surface area contributed by atoms with Gasteiger partial charge in [0.25, 0.3) is 5.91 Å². The van der Waals surface area contributed by atoms with Crippen molar-refractivity contribution in [3.8, 4) is 11.8 Å². The van der Waals surface area contributed by atoms with E-state index in [2.05, 4.69) is 10.6 Å². The number of phenolic OH excluding ortho intramolecular Hbond substituents is 1. The monoisotopic (exact) mass is 273 g/mol. The molecule has 0 aliphatic heterocycles. The number of nitrogens with zero attached hydrogens (tertiary/aromatic N) is 1. The number of nitrogens with one attached hydrogen (secondary N) is 2. The molecule has 0 bridgehead atoms. The molecule has 20 heavy (non-hydrogen) atoms. The minimum absolute atomic E-state index is 0.0218. The molecule has 0 unspecified atom stereocenters. The highest BCUT2D eigenvalue weighted by Gasteiger charge is 2.08. The molecule has 0 radical (unpaired) electrons. The van der Waals surface area contributed by atoms with Crippen molar-refractivity contribution in [3.63, 3.8) is 0 Å². The van der Waals surface area contributed by atoms with Gasteiger partial charge in [0.2, 0.25) is 0 Å². The van der Waals surface area contributed by atoms with E-state index in [1.807, 2.05) is 19.9 Å². The Kier molecular flexibility index (Phi) is 6.11. The lowest BCUT2D eigenvalue weighted by atomic mass is 10.2. The van der Waals surface area contributed by atoms with Crippen LogP contribution in [0.1, 0.15) is 25.3 Å². The first kappa shape index (κ1) is 15.6. The van der Waals surface area contributed by atoms with E-state index in [0.717, 1.165) is 24.1 Å². The summed E-state index contributed by atoms with van der Waals surface area (Å²) in [7, 11) is 0. The SMILES string of the molecule is CCCCNC(=O)/C(C#N)=C\Nc1ccc(O)cc1C. The number of unbranched alkanes of at least 4 members (excludes halogenated alkanes) is 1. The topological polar surface area (TPSA) is 85.2 Å². The molecule has 5 nitrogen and oxygen atoms in total. The fourth-order valence-electron chi connectivity index (χ4n) is 1.58. The molecule has 0 atom stereocenters. The van der Waals surface area contributed by atoms with Crippen LogP contribution in [0.25, 0.3) is 0 Å². The number of rotatable bonds is 6. The van der Waals surface area contributed by atoms with E-state index < -0.39 is 0 Å². The lowest BCUT2D eigenvalue weighted by Gasteiger charge is -2.07. The standard InChI is InChI=1S/C15H19N3O2/c1-3-4-7-17-15(20)12(9-16)10-18-14-6-5-13(19)8-11(14)2/h5-6,8,10,18-19H,3-4,7H2,1-2H3,(H,17,20)/b12-10-. The van der Waals surface area contributed by atoms with Crippen LogP contribution in [0, 0.1) is 18.3 Å². The number of hydrogen-bond donors (Lipinski definition) is 3. The zero-order valence-corrected chi connectivity index (χ0v) is 11.7. The zero-order chi connectivity index (χ0) is 15.0. The highest BCUT2D eigenvalue weighted by Crippen LogP contribution is 2.20. The number of aryl methyl sites for hydroxylation is 1. The molecule has 0 saturated carbocycles. The third-order valence-electron chi connectivity index (χ3n) is 2.76. The maximum atomic E-state index is 11.7. The van der Waals surface area contributed by atoms with E-state index >= 15 is 0 Å². The highest BCUT2D eigenvalue weighted by molar-refractivity contribution is 5.97. The molecule has 5 heteroatoms. The molecular formula is C15H19N3O2. The van der Waals surface area contributed by atoms with Gasteiger partial charge >= 0.3 is 0 Å². The van der Waals surface area contributed by atoms with Crippen molar-refractivity contribution in [3.05, 3.63) is 35.5 Å². The molecule has 0 saturated heterocycles. The number of phenols is 1. The second kappa shape index (κ2) is 7.85. The van der Waals surface area contributed by atoms with Gasteiger partial charge in [-0.15, -0.1) is 0 Å². The van der Waals surface area contributed by atoms with Crippen LogP contribution in [0.4, 0.5) is 5.69 Å². The summed E-state index contributed by atoms with van der Waals surface area (Å²) in [5, 5.41) is 23.9. The Hall–Kier alpha value is -2.48. The summed E-state index contributed by atoms with van der Waals surface area (Å²) in [6.45, 7) is 4.41. The molecule has 1 rings (SSSR count). The first-order chi connectivity index (χ1) is 9.58. The molecule has 106 valence electrons. The summed E-state index contributed by atoms with van der Waals surface area (Å²) in [5.74, 6) is -0.209. The van der Waals surface area contributed by atoms with Crippen molar-refractivity contribution in [2.24, 2.45) is 0 Å². The van der Waals surface area contributed by atoms with Crippen molar-refractivity contribution >= 4 is 11.6 Å². The van der Waals surface area contributed by atoms with Crippen LogP contribution in [0.5, 0.6) is 5.75 Å². The van der Waals surface area contributed by atoms with Gasteiger partial charge in [-0.05, 0) is 37.1 Å². The number of aromatic hydroxyl groups is 1. The number of carbonyl (C=O) groups excluding carboxylic acids is 1. The Morgan fingerprint density at radius 3 is 2.85 bits per heavy atom. The lowest BCUT2D eigenvalue weighted by molar-refractivity contribution is -0.117. The summed E-state index contributed by atoms with van der Waals surface area (Å²) >= 11 is 0. The van der Waals surface area contributed by atoms with Crippen molar-refractivity contribution in [2.45, 2.75) is 26.7 Å². The summed E-state index contributed by atoms with van der Waals surface area (Å²) < 4.78 is 0. The summed E-state index contributed by atoms with van der Waals surface area (Å²) in [6.07, 6.45) is 3.24. The van der Waals surface area contributed by atoms with E-state index in [4.69, 9.17) is 5.26 Å². The highest BCUT2D eigenvalue weighted by atomic mass is 16.3. The maximum absolute atomic E-state index is 11.7. The maximum Gasteiger partial charge on any atom is 0.263 e. The van der Waals surface area contributed by atoms with E-state index in [1.54, 1.807) is 12.1 Å². The summed E-state index contributed by atoms with van der Waals surface area (Å²) in [5.41, 5.74) is 1.58. The Morgan fingerprint density at radius 1 is 1.50 bits per heavy atom. The van der Waals surface area contributed by atoms with Crippen LogP contribution in [-0.2, 0) is 4.79 Å². The largest absolute Gasteiger partial charge is 0.508 e. The minimum atomic E-state index is -0.384. The van der Waals surface area contributed by atoms with Gasteiger partial charge in [-0.1, -0.05) is 13.3 Å². The van der Waals surface area contributed by atoms with Crippen LogP contribution >= 0.6 is 0 Å². The predicted molar refractivity (Wildman–Crippen MR) is 78.1 cm³/mol. The molecule has 0 spiro atoms. The van der Waals surface area contributed by atoms with Crippen LogP contribution in [-0.4, -0.2) is 17.6 Å². The van der Waals surface area contributed by atoms with E-state index in [0.29, 0.717) is 6.54 Å². The zero-order valence-electron chi connectivity index (χ0n) is 11.7. The number of hydrogen-bond acceptors (Lipinski definition) is 4. The molecule has 0 aliphatic rings. The molecule has 0 fully saturated rings. The van der Waals surface area contributed by atoms with Crippen molar-refractivity contribution in [1.29, 1.82) is 5.26 Å². The fraction of sp³-hybridized carbons (Fsp3) is 0.333. The molecule has 1 amide bonds. The molecule has 1 aromatic carbocycles. The molecular weight excluding hydrogens is 254 g/mol. The van der Waals surface area contributed by atoms with Gasteiger partial charge in [0, 0.05) is 18.4 Å². The van der Waals surface area contributed by atoms with E-state index in [-0.39, 0.29) is 17.2 Å². The van der Waals surface area contributed by atoms with E-state index in [1.165, 1.54) is 12.3 Å². The average molecular weight is 273 g/mol. The van der Waals surface area contributed by atoms with Crippen LogP contribution in [0.3, 0.4) is 0 Å². The molecule has 0 heterocycles. The number of nitriles is 1. The minimum Gasteiger partial charge on any atom is -0.508 e. The summed E-state index contributed by atoms with van der Waals surface area (Å²) in [4.78, 5) is 11.7. The number of benzene rings is 1. The van der Waals surface area contributed by atoms with Gasteiger partial charge in [0.15, 0.2) is 0 Å². The smallest absolute Gasteiger partial charge is 0.263 e. The normalized spacial score (nSPS) is 10.8. The first-order valence-electron chi connectivity index (χ1n) is 6.53. The second-order valence-corrected chi connectivity index (χ2v) is 4.42. The van der Waals surface area contributed by atoms with Gasteiger partial charge in [-0.25, -0.2) is 0 Å².